The van der Waals surface area contributed by atoms with Crippen molar-refractivity contribution in [1.29, 1.82) is 0 Å². The van der Waals surface area contributed by atoms with Gasteiger partial charge in [-0.1, -0.05) is 0 Å². The molecule has 1 unspecified atom stereocenters. The Kier molecular flexibility index (Phi) is 4.11. The molecule has 0 radical (unpaired) electrons. The summed E-state index contributed by atoms with van der Waals surface area (Å²) in [6.45, 7) is 3.20. The monoisotopic (exact) mass is 276 g/mol. The van der Waals surface area contributed by atoms with Gasteiger partial charge in [0.15, 0.2) is 0 Å². The summed E-state index contributed by atoms with van der Waals surface area (Å²) in [5, 5.41) is 3.15. The van der Waals surface area contributed by atoms with E-state index in [9.17, 15) is 4.79 Å². The van der Waals surface area contributed by atoms with Crippen LogP contribution in [0.15, 0.2) is 12.3 Å². The number of carbonyl (C=O) groups is 1. The molecule has 108 valence electrons. The van der Waals surface area contributed by atoms with Gasteiger partial charge in [-0.05, 0) is 31.7 Å². The lowest BCUT2D eigenvalue weighted by atomic mass is 10.2. The highest BCUT2D eigenvalue weighted by Gasteiger charge is 2.21. The van der Waals surface area contributed by atoms with Crippen LogP contribution in [0, 0.1) is 0 Å². The predicted molar refractivity (Wildman–Crippen MR) is 74.6 cm³/mol. The molecule has 20 heavy (non-hydrogen) atoms. The van der Waals surface area contributed by atoms with E-state index in [1.807, 2.05) is 4.90 Å². The number of nitrogens with one attached hydrogen (secondary N) is 1. The number of hydrogen-bond donors (Lipinski definition) is 1. The zero-order valence-corrected chi connectivity index (χ0v) is 11.5. The molecule has 2 aliphatic heterocycles. The van der Waals surface area contributed by atoms with Crippen molar-refractivity contribution >= 4 is 11.9 Å². The number of aromatic nitrogens is 2. The fourth-order valence-corrected chi connectivity index (χ4v) is 2.66. The molecule has 1 atom stereocenters. The summed E-state index contributed by atoms with van der Waals surface area (Å²) in [6.07, 6.45) is 6.22. The molecule has 1 aromatic rings. The maximum absolute atomic E-state index is 12.2. The molecule has 1 amide bonds. The third kappa shape index (κ3) is 3.07. The third-order valence-corrected chi connectivity index (χ3v) is 3.78. The second-order valence-corrected chi connectivity index (χ2v) is 5.28. The van der Waals surface area contributed by atoms with Crippen molar-refractivity contribution in [3.05, 3.63) is 18.0 Å². The first kappa shape index (κ1) is 13.3. The van der Waals surface area contributed by atoms with Crippen molar-refractivity contribution in [1.82, 2.24) is 14.9 Å². The number of amides is 1. The molecule has 6 heteroatoms. The van der Waals surface area contributed by atoms with E-state index in [1.165, 1.54) is 0 Å². The van der Waals surface area contributed by atoms with Crippen LogP contribution in [0.1, 0.15) is 36.2 Å². The molecule has 2 saturated heterocycles. The number of rotatable bonds is 4. The van der Waals surface area contributed by atoms with Gasteiger partial charge in [0.25, 0.3) is 5.91 Å². The topological polar surface area (TPSA) is 67.3 Å². The van der Waals surface area contributed by atoms with E-state index in [1.54, 1.807) is 12.3 Å². The lowest BCUT2D eigenvalue weighted by molar-refractivity contribution is 0.0787. The van der Waals surface area contributed by atoms with Gasteiger partial charge in [-0.25, -0.2) is 9.97 Å². The summed E-state index contributed by atoms with van der Waals surface area (Å²) < 4.78 is 5.54. The zero-order chi connectivity index (χ0) is 13.8. The molecule has 1 N–H and O–H groups in total. The van der Waals surface area contributed by atoms with Crippen LogP contribution >= 0.6 is 0 Å². The molecular formula is C14H20N4O2. The Morgan fingerprint density at radius 1 is 1.40 bits per heavy atom. The van der Waals surface area contributed by atoms with E-state index >= 15 is 0 Å². The Morgan fingerprint density at radius 2 is 2.25 bits per heavy atom. The average Bonchev–Trinajstić information content (AvgIpc) is 3.18. The molecular weight excluding hydrogens is 256 g/mol. The van der Waals surface area contributed by atoms with Gasteiger partial charge in [0.2, 0.25) is 5.95 Å². The Bertz CT molecular complexity index is 468. The predicted octanol–water partition coefficient (Wildman–Crippen LogP) is 1.30. The maximum Gasteiger partial charge on any atom is 0.272 e. The molecule has 3 rings (SSSR count). The molecule has 6 nitrogen and oxygen atoms in total. The van der Waals surface area contributed by atoms with Gasteiger partial charge in [0, 0.05) is 32.4 Å². The second kappa shape index (κ2) is 6.17. The number of hydrogen-bond acceptors (Lipinski definition) is 5. The van der Waals surface area contributed by atoms with Gasteiger partial charge >= 0.3 is 0 Å². The van der Waals surface area contributed by atoms with E-state index in [0.29, 0.717) is 18.2 Å². The largest absolute Gasteiger partial charge is 0.376 e. The first-order chi connectivity index (χ1) is 9.83. The molecule has 2 aliphatic rings. The Hall–Kier alpha value is -1.69. The quantitative estimate of drug-likeness (QED) is 0.898. The molecule has 0 saturated carbocycles. The minimum Gasteiger partial charge on any atom is -0.376 e. The summed E-state index contributed by atoms with van der Waals surface area (Å²) in [7, 11) is 0. The number of ether oxygens (including phenoxy) is 1. The van der Waals surface area contributed by atoms with Crippen LogP contribution in [0.25, 0.3) is 0 Å². The molecule has 3 heterocycles. The van der Waals surface area contributed by atoms with Crippen LogP contribution in [0.3, 0.4) is 0 Å². The average molecular weight is 276 g/mol. The van der Waals surface area contributed by atoms with Gasteiger partial charge in [-0.3, -0.25) is 4.79 Å². The van der Waals surface area contributed by atoms with E-state index in [4.69, 9.17) is 4.74 Å². The van der Waals surface area contributed by atoms with Crippen LogP contribution in [-0.2, 0) is 4.74 Å². The third-order valence-electron chi connectivity index (χ3n) is 3.78. The molecule has 1 aromatic heterocycles. The Labute approximate surface area is 118 Å². The van der Waals surface area contributed by atoms with E-state index in [-0.39, 0.29) is 12.0 Å². The fourth-order valence-electron chi connectivity index (χ4n) is 2.66. The SMILES string of the molecule is O=C(c1ccnc(NCC2CCCO2)n1)N1CCCC1. The van der Waals surface area contributed by atoms with Crippen LogP contribution in [-0.4, -0.2) is 53.1 Å². The van der Waals surface area contributed by atoms with Gasteiger partial charge in [0.1, 0.15) is 5.69 Å². The van der Waals surface area contributed by atoms with Crippen molar-refractivity contribution in [3.63, 3.8) is 0 Å². The van der Waals surface area contributed by atoms with E-state index < -0.39 is 0 Å². The summed E-state index contributed by atoms with van der Waals surface area (Å²) in [6, 6.07) is 1.68. The van der Waals surface area contributed by atoms with Crippen LogP contribution in [0.2, 0.25) is 0 Å². The van der Waals surface area contributed by atoms with E-state index in [0.717, 1.165) is 45.4 Å². The molecule has 0 bridgehead atoms. The van der Waals surface area contributed by atoms with Crippen molar-refractivity contribution in [3.8, 4) is 0 Å². The molecule has 2 fully saturated rings. The van der Waals surface area contributed by atoms with Gasteiger partial charge in [-0.15, -0.1) is 0 Å². The fraction of sp³-hybridized carbons (Fsp3) is 0.643. The highest BCUT2D eigenvalue weighted by Crippen LogP contribution is 2.14. The van der Waals surface area contributed by atoms with Crippen LogP contribution in [0.5, 0.6) is 0 Å². The van der Waals surface area contributed by atoms with Gasteiger partial charge < -0.3 is 15.0 Å². The van der Waals surface area contributed by atoms with Crippen LogP contribution in [0.4, 0.5) is 5.95 Å². The van der Waals surface area contributed by atoms with Gasteiger partial charge in [-0.2, -0.15) is 0 Å². The van der Waals surface area contributed by atoms with Gasteiger partial charge in [0.05, 0.1) is 6.10 Å². The van der Waals surface area contributed by atoms with Crippen molar-refractivity contribution in [2.24, 2.45) is 0 Å². The van der Waals surface area contributed by atoms with Crippen molar-refractivity contribution in [2.75, 3.05) is 31.6 Å². The molecule has 0 aromatic carbocycles. The minimum atomic E-state index is 0.00469. The van der Waals surface area contributed by atoms with E-state index in [2.05, 4.69) is 15.3 Å². The highest BCUT2D eigenvalue weighted by atomic mass is 16.5. The smallest absolute Gasteiger partial charge is 0.272 e. The lowest BCUT2D eigenvalue weighted by Crippen LogP contribution is -2.29. The number of nitrogens with zero attached hydrogens (tertiary/aromatic N) is 3. The maximum atomic E-state index is 12.2. The first-order valence-corrected chi connectivity index (χ1v) is 7.31. The Balaban J connectivity index is 1.61. The van der Waals surface area contributed by atoms with Crippen molar-refractivity contribution in [2.45, 2.75) is 31.8 Å². The summed E-state index contributed by atoms with van der Waals surface area (Å²) >= 11 is 0. The number of carbonyl (C=O) groups excluding carboxylic acids is 1. The summed E-state index contributed by atoms with van der Waals surface area (Å²) in [5.41, 5.74) is 0.469. The molecule has 0 aliphatic carbocycles. The lowest BCUT2D eigenvalue weighted by Gasteiger charge is -2.15. The first-order valence-electron chi connectivity index (χ1n) is 7.31. The standard InChI is InChI=1S/C14H20N4O2/c19-13(18-7-1-2-8-18)12-5-6-15-14(17-12)16-10-11-4-3-9-20-11/h5-6,11H,1-4,7-10H2,(H,15,16,17). The normalized spacial score (nSPS) is 22.2. The summed E-state index contributed by atoms with van der Waals surface area (Å²) in [4.78, 5) is 22.6. The van der Waals surface area contributed by atoms with Crippen molar-refractivity contribution < 1.29 is 9.53 Å². The second-order valence-electron chi connectivity index (χ2n) is 5.28. The highest BCUT2D eigenvalue weighted by molar-refractivity contribution is 5.92. The zero-order valence-electron chi connectivity index (χ0n) is 11.5. The van der Waals surface area contributed by atoms with Crippen LogP contribution < -0.4 is 5.32 Å². The minimum absolute atomic E-state index is 0.00469. The number of likely N-dealkylation sites (tertiary alicyclic amines) is 1. The number of anilines is 1. The summed E-state index contributed by atoms with van der Waals surface area (Å²) in [5.74, 6) is 0.510. The Morgan fingerprint density at radius 3 is 3.00 bits per heavy atom. The molecule has 0 spiro atoms.